The van der Waals surface area contributed by atoms with Crippen LogP contribution in [-0.4, -0.2) is 61.1 Å². The zero-order valence-corrected chi connectivity index (χ0v) is 24.2. The van der Waals surface area contributed by atoms with E-state index in [-0.39, 0.29) is 23.6 Å². The van der Waals surface area contributed by atoms with Crippen molar-refractivity contribution in [2.24, 2.45) is 9.52 Å². The highest BCUT2D eigenvalue weighted by Crippen LogP contribution is 2.38. The fourth-order valence-electron chi connectivity index (χ4n) is 4.92. The zero-order valence-electron chi connectivity index (χ0n) is 22.6. The number of rotatable bonds is 8. The van der Waals surface area contributed by atoms with Crippen LogP contribution in [0.2, 0.25) is 0 Å². The number of amides is 1. The molecular formula is C26H27F5N6O3S2. The standard InChI is InChI=1S/C26H27F5N6O3S2/c1-42(2,39)35-16-5-3-4-15(27)23(16)21-11-17(34-40-21)19-13-41-26(32-19)14-6-8-36(9-7-14)22(38)12-37-20(25(30)31)10-18(33-37)24(28)29/h3-5,10,13-14,21,24-25H,6-9,11-12H2,1-2H3. The Morgan fingerprint density at radius 3 is 2.60 bits per heavy atom. The normalized spacial score (nSPS) is 18.1. The molecule has 2 aromatic heterocycles. The molecule has 3 aromatic rings. The minimum atomic E-state index is -3.04. The van der Waals surface area contributed by atoms with E-state index >= 15 is 0 Å². The number of hydrogen-bond donors (Lipinski definition) is 0. The number of carbonyl (C=O) groups is 1. The molecule has 0 spiro atoms. The van der Waals surface area contributed by atoms with Crippen molar-refractivity contribution in [3.63, 3.8) is 0 Å². The smallest absolute Gasteiger partial charge is 0.282 e. The van der Waals surface area contributed by atoms with Crippen molar-refractivity contribution in [2.75, 3.05) is 25.6 Å². The summed E-state index contributed by atoms with van der Waals surface area (Å²) in [4.78, 5) is 24.5. The van der Waals surface area contributed by atoms with E-state index in [1.54, 1.807) is 6.07 Å². The molecule has 5 rings (SSSR count). The zero-order chi connectivity index (χ0) is 30.2. The van der Waals surface area contributed by atoms with Crippen molar-refractivity contribution in [1.82, 2.24) is 19.7 Å². The number of thiazole rings is 1. The van der Waals surface area contributed by atoms with Gasteiger partial charge in [0.05, 0.1) is 22.0 Å². The van der Waals surface area contributed by atoms with Crippen LogP contribution >= 0.6 is 11.3 Å². The Morgan fingerprint density at radius 1 is 1.19 bits per heavy atom. The lowest BCUT2D eigenvalue weighted by atomic mass is 9.97. The molecule has 1 fully saturated rings. The van der Waals surface area contributed by atoms with Crippen LogP contribution in [0.25, 0.3) is 0 Å². The third kappa shape index (κ3) is 6.64. The van der Waals surface area contributed by atoms with E-state index in [0.29, 0.717) is 48.1 Å². The lowest BCUT2D eigenvalue weighted by Gasteiger charge is -2.31. The number of piperidine rings is 1. The van der Waals surface area contributed by atoms with Gasteiger partial charge in [0, 0.05) is 53.0 Å². The van der Waals surface area contributed by atoms with Crippen LogP contribution in [0, 0.1) is 5.82 Å². The minimum absolute atomic E-state index is 0.0394. The predicted octanol–water partition coefficient (Wildman–Crippen LogP) is 5.98. The van der Waals surface area contributed by atoms with Gasteiger partial charge in [-0.05, 0) is 31.0 Å². The van der Waals surface area contributed by atoms with Gasteiger partial charge in [0.1, 0.15) is 29.5 Å². The molecule has 1 aromatic carbocycles. The van der Waals surface area contributed by atoms with E-state index in [9.17, 15) is 31.0 Å². The summed E-state index contributed by atoms with van der Waals surface area (Å²) < 4.78 is 84.2. The van der Waals surface area contributed by atoms with E-state index in [1.807, 2.05) is 5.38 Å². The molecule has 0 saturated carbocycles. The monoisotopic (exact) mass is 630 g/mol. The molecule has 2 aliphatic heterocycles. The van der Waals surface area contributed by atoms with Gasteiger partial charge < -0.3 is 9.74 Å². The van der Waals surface area contributed by atoms with Gasteiger partial charge in [-0.2, -0.15) is 9.46 Å². The Labute approximate surface area is 242 Å². The number of oxime groups is 1. The van der Waals surface area contributed by atoms with Crippen molar-refractivity contribution in [1.29, 1.82) is 0 Å². The van der Waals surface area contributed by atoms with Gasteiger partial charge in [-0.1, -0.05) is 11.2 Å². The molecule has 9 nitrogen and oxygen atoms in total. The van der Waals surface area contributed by atoms with Crippen molar-refractivity contribution in [2.45, 2.75) is 50.7 Å². The first-order valence-electron chi connectivity index (χ1n) is 13.0. The Morgan fingerprint density at radius 2 is 1.93 bits per heavy atom. The average Bonchev–Trinajstić information content (AvgIpc) is 3.68. The van der Waals surface area contributed by atoms with Crippen LogP contribution in [-0.2, 0) is 25.9 Å². The SMILES string of the molecule is CS(C)(=O)=Nc1cccc(F)c1C1CC(c2csc(C3CCN(C(=O)Cn4nc(C(F)F)cc4C(F)F)CC3)n2)=NO1. The summed E-state index contributed by atoms with van der Waals surface area (Å²) in [5.74, 6) is -0.976. The third-order valence-electron chi connectivity index (χ3n) is 6.92. The van der Waals surface area contributed by atoms with Crippen molar-refractivity contribution < 1.29 is 35.8 Å². The summed E-state index contributed by atoms with van der Waals surface area (Å²) in [5, 5.41) is 10.3. The summed E-state index contributed by atoms with van der Waals surface area (Å²) in [6.07, 6.45) is -2.50. The predicted molar refractivity (Wildman–Crippen MR) is 146 cm³/mol. The Hall–Kier alpha value is -3.40. The van der Waals surface area contributed by atoms with Crippen molar-refractivity contribution in [3.8, 4) is 0 Å². The first-order valence-corrected chi connectivity index (χ1v) is 16.2. The molecule has 1 saturated heterocycles. The number of aromatic nitrogens is 3. The molecule has 0 aliphatic carbocycles. The number of hydrogen-bond acceptors (Lipinski definition) is 8. The van der Waals surface area contributed by atoms with Crippen LogP contribution in [0.1, 0.15) is 71.8 Å². The molecule has 16 heteroatoms. The molecule has 226 valence electrons. The molecule has 1 unspecified atom stereocenters. The van der Waals surface area contributed by atoms with Crippen LogP contribution in [0.3, 0.4) is 0 Å². The number of carbonyl (C=O) groups excluding carboxylic acids is 1. The molecule has 4 heterocycles. The summed E-state index contributed by atoms with van der Waals surface area (Å²) in [6.45, 7) is 0.133. The van der Waals surface area contributed by atoms with Gasteiger partial charge in [-0.15, -0.1) is 11.3 Å². The number of alkyl halides is 4. The summed E-state index contributed by atoms with van der Waals surface area (Å²) in [7, 11) is -2.54. The molecule has 2 aliphatic rings. The van der Waals surface area contributed by atoms with E-state index in [4.69, 9.17) is 9.82 Å². The number of benzene rings is 1. The van der Waals surface area contributed by atoms with Gasteiger partial charge in [0.25, 0.3) is 12.9 Å². The molecule has 0 N–H and O–H groups in total. The second-order valence-electron chi connectivity index (χ2n) is 10.3. The second-order valence-corrected chi connectivity index (χ2v) is 13.7. The lowest BCUT2D eigenvalue weighted by molar-refractivity contribution is -0.133. The fourth-order valence-corrected chi connectivity index (χ4v) is 6.55. The first-order chi connectivity index (χ1) is 19.9. The largest absolute Gasteiger partial charge is 0.387 e. The third-order valence-corrected chi connectivity index (χ3v) is 8.56. The van der Waals surface area contributed by atoms with Crippen LogP contribution in [0.4, 0.5) is 27.6 Å². The van der Waals surface area contributed by atoms with Gasteiger partial charge >= 0.3 is 0 Å². The van der Waals surface area contributed by atoms with Crippen LogP contribution in [0.5, 0.6) is 0 Å². The number of nitrogens with zero attached hydrogens (tertiary/aromatic N) is 6. The highest BCUT2D eigenvalue weighted by atomic mass is 32.2. The summed E-state index contributed by atoms with van der Waals surface area (Å²) in [6, 6.07) is 4.98. The molecule has 1 atom stereocenters. The van der Waals surface area contributed by atoms with E-state index < -0.39 is 58.3 Å². The van der Waals surface area contributed by atoms with E-state index in [1.165, 1.54) is 40.9 Å². The number of halogens is 5. The van der Waals surface area contributed by atoms with Crippen molar-refractivity contribution in [3.05, 3.63) is 63.1 Å². The molecule has 42 heavy (non-hydrogen) atoms. The van der Waals surface area contributed by atoms with Crippen LogP contribution < -0.4 is 0 Å². The van der Waals surface area contributed by atoms with Crippen molar-refractivity contribution >= 4 is 38.4 Å². The minimum Gasteiger partial charge on any atom is -0.387 e. The van der Waals surface area contributed by atoms with E-state index in [0.717, 1.165) is 5.01 Å². The van der Waals surface area contributed by atoms with E-state index in [2.05, 4.69) is 14.6 Å². The lowest BCUT2D eigenvalue weighted by Crippen LogP contribution is -2.40. The Kier molecular flexibility index (Phi) is 8.64. The molecule has 1 amide bonds. The molecule has 0 radical (unpaired) electrons. The van der Waals surface area contributed by atoms with Gasteiger partial charge in [0.2, 0.25) is 5.91 Å². The second kappa shape index (κ2) is 12.1. The summed E-state index contributed by atoms with van der Waals surface area (Å²) in [5.41, 5.74) is 0.0436. The molecular weight excluding hydrogens is 603 g/mol. The highest BCUT2D eigenvalue weighted by molar-refractivity contribution is 7.92. The maximum atomic E-state index is 14.8. The van der Waals surface area contributed by atoms with Gasteiger partial charge in [-0.25, -0.2) is 31.1 Å². The fraction of sp³-hybridized carbons (Fsp3) is 0.462. The Balaban J connectivity index is 1.20. The van der Waals surface area contributed by atoms with Gasteiger partial charge in [-0.3, -0.25) is 9.48 Å². The first kappa shape index (κ1) is 30.1. The number of likely N-dealkylation sites (tertiary alicyclic amines) is 1. The highest BCUT2D eigenvalue weighted by Gasteiger charge is 2.32. The summed E-state index contributed by atoms with van der Waals surface area (Å²) >= 11 is 1.43. The maximum Gasteiger partial charge on any atom is 0.282 e. The van der Waals surface area contributed by atoms with Gasteiger partial charge in [0.15, 0.2) is 6.10 Å². The maximum absolute atomic E-state index is 14.8. The topological polar surface area (TPSA) is 102 Å². The van der Waals surface area contributed by atoms with Crippen LogP contribution in [0.15, 0.2) is 39.2 Å². The average molecular weight is 631 g/mol. The quantitative estimate of drug-likeness (QED) is 0.285. The molecule has 0 bridgehead atoms. The Bertz CT molecular complexity index is 1620.